The van der Waals surface area contributed by atoms with Gasteiger partial charge in [0.2, 0.25) is 5.91 Å². The highest BCUT2D eigenvalue weighted by molar-refractivity contribution is 5.81. The number of carbonyl (C=O) groups is 1. The number of carbonyl (C=O) groups excluding carboxylic acids is 1. The molecule has 6 heteroatoms. The lowest BCUT2D eigenvalue weighted by molar-refractivity contribution is -0.127. The lowest BCUT2D eigenvalue weighted by Crippen LogP contribution is -2.49. The highest BCUT2D eigenvalue weighted by Gasteiger charge is 2.34. The number of benzene rings is 1. The van der Waals surface area contributed by atoms with Crippen molar-refractivity contribution in [2.24, 2.45) is 0 Å². The van der Waals surface area contributed by atoms with Crippen LogP contribution in [0.2, 0.25) is 0 Å². The van der Waals surface area contributed by atoms with Gasteiger partial charge in [0.25, 0.3) is 0 Å². The van der Waals surface area contributed by atoms with Crippen molar-refractivity contribution in [3.05, 3.63) is 42.2 Å². The van der Waals surface area contributed by atoms with Crippen molar-refractivity contribution in [2.75, 3.05) is 0 Å². The monoisotopic (exact) mass is 341 g/mol. The molecule has 2 heterocycles. The van der Waals surface area contributed by atoms with E-state index in [4.69, 9.17) is 0 Å². The van der Waals surface area contributed by atoms with Gasteiger partial charge in [-0.2, -0.15) is 0 Å². The Kier molecular flexibility index (Phi) is 5.18. The van der Waals surface area contributed by atoms with Crippen LogP contribution in [0.3, 0.4) is 0 Å². The van der Waals surface area contributed by atoms with Gasteiger partial charge in [-0.25, -0.2) is 4.68 Å². The number of hydrogen-bond donors (Lipinski definition) is 1. The first kappa shape index (κ1) is 17.6. The summed E-state index contributed by atoms with van der Waals surface area (Å²) in [6, 6.07) is 8.81. The third kappa shape index (κ3) is 3.74. The van der Waals surface area contributed by atoms with E-state index in [0.29, 0.717) is 12.1 Å². The number of nitrogens with zero attached hydrogens (tertiary/aromatic N) is 4. The number of likely N-dealkylation sites (tertiary alicyclic amines) is 1. The molecular weight excluding hydrogens is 314 g/mol. The minimum absolute atomic E-state index is 0.0343. The van der Waals surface area contributed by atoms with Crippen LogP contribution in [0.1, 0.15) is 52.1 Å². The van der Waals surface area contributed by atoms with Gasteiger partial charge in [0, 0.05) is 12.1 Å². The summed E-state index contributed by atoms with van der Waals surface area (Å²) in [6.07, 6.45) is 5.79. The standard InChI is InChI=1S/C19H27N5O/c1-13-5-6-14(2)24(13)16(4)19(25)21-15(3)17-7-9-18(10-8-17)23-12-11-20-22-23/h7-16H,5-6H2,1-4H3,(H,21,25)/t13-,14+,15-,16+/m0/s1. The predicted octanol–water partition coefficient (Wildman–Crippen LogP) is 2.71. The molecule has 0 saturated carbocycles. The van der Waals surface area contributed by atoms with Crippen LogP contribution in [-0.2, 0) is 4.79 Å². The summed E-state index contributed by atoms with van der Waals surface area (Å²) in [5.41, 5.74) is 2.03. The van der Waals surface area contributed by atoms with Crippen LogP contribution in [0.15, 0.2) is 36.7 Å². The number of amides is 1. The van der Waals surface area contributed by atoms with Gasteiger partial charge < -0.3 is 5.32 Å². The number of rotatable bonds is 5. The maximum Gasteiger partial charge on any atom is 0.237 e. The van der Waals surface area contributed by atoms with Crippen molar-refractivity contribution in [3.63, 3.8) is 0 Å². The lowest BCUT2D eigenvalue weighted by Gasteiger charge is -2.32. The summed E-state index contributed by atoms with van der Waals surface area (Å²) in [5.74, 6) is 0.0912. The molecule has 1 amide bonds. The molecule has 1 fully saturated rings. The van der Waals surface area contributed by atoms with Gasteiger partial charge in [-0.15, -0.1) is 5.10 Å². The SMILES string of the molecule is C[C@H](NC(=O)[C@@H](C)N1[C@H](C)CC[C@@H]1C)c1ccc(-n2ccnn2)cc1. The first-order valence-electron chi connectivity index (χ1n) is 9.02. The van der Waals surface area contributed by atoms with E-state index in [1.165, 1.54) is 0 Å². The van der Waals surface area contributed by atoms with Crippen LogP contribution in [0.5, 0.6) is 0 Å². The first-order valence-corrected chi connectivity index (χ1v) is 9.02. The average molecular weight is 341 g/mol. The molecule has 1 aromatic carbocycles. The molecule has 0 bridgehead atoms. The van der Waals surface area contributed by atoms with Crippen LogP contribution >= 0.6 is 0 Å². The van der Waals surface area contributed by atoms with Gasteiger partial charge in [0.15, 0.2) is 0 Å². The number of hydrogen-bond acceptors (Lipinski definition) is 4. The molecule has 2 aromatic rings. The zero-order chi connectivity index (χ0) is 18.0. The third-order valence-electron chi connectivity index (χ3n) is 5.29. The molecular formula is C19H27N5O. The van der Waals surface area contributed by atoms with Crippen molar-refractivity contribution >= 4 is 5.91 Å². The Balaban J connectivity index is 1.63. The Morgan fingerprint density at radius 1 is 1.16 bits per heavy atom. The van der Waals surface area contributed by atoms with Gasteiger partial charge in [-0.1, -0.05) is 17.3 Å². The second-order valence-corrected chi connectivity index (χ2v) is 7.07. The Bertz CT molecular complexity index is 687. The lowest BCUT2D eigenvalue weighted by atomic mass is 10.1. The first-order chi connectivity index (χ1) is 12.0. The van der Waals surface area contributed by atoms with Crippen molar-refractivity contribution in [2.45, 2.75) is 64.7 Å². The molecule has 3 rings (SSSR count). The minimum atomic E-state index is -0.107. The van der Waals surface area contributed by atoms with E-state index in [2.05, 4.69) is 34.4 Å². The maximum absolute atomic E-state index is 12.7. The fourth-order valence-corrected chi connectivity index (χ4v) is 3.79. The summed E-state index contributed by atoms with van der Waals surface area (Å²) in [7, 11) is 0. The van der Waals surface area contributed by atoms with E-state index in [-0.39, 0.29) is 18.0 Å². The van der Waals surface area contributed by atoms with Gasteiger partial charge >= 0.3 is 0 Å². The largest absolute Gasteiger partial charge is 0.348 e. The fourth-order valence-electron chi connectivity index (χ4n) is 3.79. The smallest absolute Gasteiger partial charge is 0.237 e. The number of aromatic nitrogens is 3. The van der Waals surface area contributed by atoms with Gasteiger partial charge in [0.05, 0.1) is 30.2 Å². The van der Waals surface area contributed by atoms with E-state index < -0.39 is 0 Å². The molecule has 0 spiro atoms. The third-order valence-corrected chi connectivity index (χ3v) is 5.29. The Hall–Kier alpha value is -2.21. The zero-order valence-corrected chi connectivity index (χ0v) is 15.4. The Morgan fingerprint density at radius 2 is 1.80 bits per heavy atom. The van der Waals surface area contributed by atoms with Crippen LogP contribution in [-0.4, -0.2) is 43.9 Å². The minimum Gasteiger partial charge on any atom is -0.348 e. The summed E-state index contributed by atoms with van der Waals surface area (Å²) in [4.78, 5) is 15.0. The van der Waals surface area contributed by atoms with Crippen molar-refractivity contribution in [3.8, 4) is 5.69 Å². The van der Waals surface area contributed by atoms with E-state index in [1.54, 1.807) is 17.1 Å². The van der Waals surface area contributed by atoms with Crippen LogP contribution in [0.4, 0.5) is 0 Å². The fraction of sp³-hybridized carbons (Fsp3) is 0.526. The Morgan fingerprint density at radius 3 is 2.36 bits per heavy atom. The van der Waals surface area contributed by atoms with E-state index in [9.17, 15) is 4.79 Å². The van der Waals surface area contributed by atoms with Crippen LogP contribution in [0.25, 0.3) is 5.69 Å². The van der Waals surface area contributed by atoms with Gasteiger partial charge in [0.1, 0.15) is 0 Å². The molecule has 1 aliphatic rings. The van der Waals surface area contributed by atoms with E-state index in [0.717, 1.165) is 24.1 Å². The van der Waals surface area contributed by atoms with Crippen LogP contribution in [0, 0.1) is 0 Å². The van der Waals surface area contributed by atoms with E-state index >= 15 is 0 Å². The molecule has 6 nitrogen and oxygen atoms in total. The molecule has 1 aliphatic heterocycles. The highest BCUT2D eigenvalue weighted by Crippen LogP contribution is 2.26. The molecule has 25 heavy (non-hydrogen) atoms. The molecule has 4 atom stereocenters. The summed E-state index contributed by atoms with van der Waals surface area (Å²) >= 11 is 0. The average Bonchev–Trinajstić information content (AvgIpc) is 3.24. The summed E-state index contributed by atoms with van der Waals surface area (Å²) in [5, 5.41) is 11.0. The maximum atomic E-state index is 12.7. The molecule has 1 N–H and O–H groups in total. The van der Waals surface area contributed by atoms with Gasteiger partial charge in [-0.3, -0.25) is 9.69 Å². The molecule has 0 aliphatic carbocycles. The van der Waals surface area contributed by atoms with Gasteiger partial charge in [-0.05, 0) is 58.2 Å². The van der Waals surface area contributed by atoms with E-state index in [1.807, 2.05) is 38.1 Å². The highest BCUT2D eigenvalue weighted by atomic mass is 16.2. The molecule has 0 radical (unpaired) electrons. The molecule has 0 unspecified atom stereocenters. The van der Waals surface area contributed by atoms with Crippen LogP contribution < -0.4 is 5.32 Å². The second-order valence-electron chi connectivity index (χ2n) is 7.07. The normalized spacial score (nSPS) is 23.4. The predicted molar refractivity (Wildman–Crippen MR) is 97.4 cm³/mol. The van der Waals surface area contributed by atoms with Crippen molar-refractivity contribution in [1.82, 2.24) is 25.2 Å². The summed E-state index contributed by atoms with van der Waals surface area (Å²) in [6.45, 7) is 8.44. The molecule has 134 valence electrons. The molecule has 1 saturated heterocycles. The quantitative estimate of drug-likeness (QED) is 0.908. The number of nitrogens with one attached hydrogen (secondary N) is 1. The topological polar surface area (TPSA) is 63.1 Å². The zero-order valence-electron chi connectivity index (χ0n) is 15.4. The summed E-state index contributed by atoms with van der Waals surface area (Å²) < 4.78 is 1.71. The molecule has 1 aromatic heterocycles. The second kappa shape index (κ2) is 7.35. The van der Waals surface area contributed by atoms with Crippen molar-refractivity contribution in [1.29, 1.82) is 0 Å². The Labute approximate surface area is 149 Å². The van der Waals surface area contributed by atoms with Crippen molar-refractivity contribution < 1.29 is 4.79 Å².